The Labute approximate surface area is 271 Å². The van der Waals surface area contributed by atoms with Crippen molar-refractivity contribution in [1.82, 2.24) is 4.90 Å². The van der Waals surface area contributed by atoms with Gasteiger partial charge in [-0.15, -0.1) is 0 Å². The lowest BCUT2D eigenvalue weighted by Crippen LogP contribution is -2.49. The highest BCUT2D eigenvalue weighted by Crippen LogP contribution is 2.40. The van der Waals surface area contributed by atoms with Gasteiger partial charge in [-0.3, -0.25) is 24.6 Å². The summed E-state index contributed by atoms with van der Waals surface area (Å²) < 4.78 is 13.1. The van der Waals surface area contributed by atoms with Crippen molar-refractivity contribution in [3.8, 4) is 0 Å². The molecular weight excluding hydrogens is 600 g/mol. The number of piperazine rings is 1. The molecular formula is C36H34N4O7. The summed E-state index contributed by atoms with van der Waals surface area (Å²) in [5, 5.41) is 20.6. The minimum absolute atomic E-state index is 0.0450. The molecule has 240 valence electrons. The second kappa shape index (κ2) is 13.0. The number of ether oxygens (including phenoxy) is 2. The van der Waals surface area contributed by atoms with Gasteiger partial charge in [-0.1, -0.05) is 48.5 Å². The molecule has 3 aliphatic heterocycles. The van der Waals surface area contributed by atoms with Crippen LogP contribution >= 0.6 is 0 Å². The monoisotopic (exact) mass is 634 g/mol. The minimum Gasteiger partial charge on any atom is -0.392 e. The molecule has 4 aromatic carbocycles. The highest BCUT2D eigenvalue weighted by atomic mass is 16.7. The molecule has 0 aromatic heterocycles. The Morgan fingerprint density at radius 1 is 0.766 bits per heavy atom. The number of anilines is 2. The van der Waals surface area contributed by atoms with Crippen LogP contribution < -0.4 is 9.80 Å². The number of amides is 2. The second-order valence-electron chi connectivity index (χ2n) is 12.0. The Bertz CT molecular complexity index is 1750. The molecule has 0 unspecified atom stereocenters. The molecule has 0 saturated carbocycles. The third-order valence-electron chi connectivity index (χ3n) is 9.07. The van der Waals surface area contributed by atoms with E-state index in [9.17, 15) is 24.8 Å². The third-order valence-corrected chi connectivity index (χ3v) is 9.07. The largest absolute Gasteiger partial charge is 0.392 e. The average Bonchev–Trinajstić information content (AvgIpc) is 3.37. The summed E-state index contributed by atoms with van der Waals surface area (Å²) in [6, 6.07) is 28.4. The van der Waals surface area contributed by atoms with Gasteiger partial charge in [0.25, 0.3) is 17.5 Å². The molecule has 0 radical (unpaired) electrons. The maximum atomic E-state index is 13.2. The molecule has 7 rings (SSSR count). The summed E-state index contributed by atoms with van der Waals surface area (Å²) >= 11 is 0. The second-order valence-corrected chi connectivity index (χ2v) is 12.0. The van der Waals surface area contributed by atoms with E-state index in [1.165, 1.54) is 17.0 Å². The number of hydrogen-bond acceptors (Lipinski definition) is 9. The van der Waals surface area contributed by atoms with Gasteiger partial charge in [-0.2, -0.15) is 0 Å². The van der Waals surface area contributed by atoms with Crippen molar-refractivity contribution in [3.05, 3.63) is 135 Å². The van der Waals surface area contributed by atoms with Crippen molar-refractivity contribution in [2.24, 2.45) is 0 Å². The van der Waals surface area contributed by atoms with Crippen LogP contribution in [-0.4, -0.2) is 65.6 Å². The molecule has 47 heavy (non-hydrogen) atoms. The molecule has 2 saturated heterocycles. The van der Waals surface area contributed by atoms with Gasteiger partial charge in [0.1, 0.15) is 0 Å². The van der Waals surface area contributed by atoms with Gasteiger partial charge in [0.05, 0.1) is 40.6 Å². The summed E-state index contributed by atoms with van der Waals surface area (Å²) in [5.41, 5.74) is 4.74. The van der Waals surface area contributed by atoms with E-state index in [2.05, 4.69) is 9.80 Å². The highest BCUT2D eigenvalue weighted by molar-refractivity contribution is 6.34. The number of non-ortho nitro benzene ring substituents is 1. The number of hydrogen-bond donors (Lipinski definition) is 1. The van der Waals surface area contributed by atoms with Crippen LogP contribution in [0.2, 0.25) is 0 Å². The Balaban J connectivity index is 1.08. The number of nitro groups is 1. The zero-order chi connectivity index (χ0) is 32.5. The summed E-state index contributed by atoms with van der Waals surface area (Å²) in [4.78, 5) is 42.8. The number of aliphatic hydroxyl groups excluding tert-OH is 1. The number of carbonyl (C=O) groups excluding carboxylic acids is 2. The fraction of sp³-hybridized carbons (Fsp3) is 0.278. The number of aliphatic hydroxyl groups is 1. The number of carbonyl (C=O) groups is 2. The molecule has 4 aromatic rings. The van der Waals surface area contributed by atoms with Gasteiger partial charge in [0, 0.05) is 62.5 Å². The number of rotatable bonds is 8. The Kier molecular flexibility index (Phi) is 8.52. The maximum absolute atomic E-state index is 13.2. The van der Waals surface area contributed by atoms with E-state index in [1.54, 1.807) is 54.6 Å². The molecule has 2 fully saturated rings. The number of imide groups is 1. The Morgan fingerprint density at radius 3 is 2.09 bits per heavy atom. The van der Waals surface area contributed by atoms with Crippen LogP contribution in [0, 0.1) is 10.1 Å². The van der Waals surface area contributed by atoms with Crippen molar-refractivity contribution in [2.45, 2.75) is 31.5 Å². The number of nitrogens with zero attached hydrogens (tertiary/aromatic N) is 4. The summed E-state index contributed by atoms with van der Waals surface area (Å²) in [5.74, 6) is -0.721. The van der Waals surface area contributed by atoms with E-state index in [0.717, 1.165) is 43.0 Å². The van der Waals surface area contributed by atoms with Crippen molar-refractivity contribution >= 4 is 28.9 Å². The summed E-state index contributed by atoms with van der Waals surface area (Å²) in [6.45, 7) is 3.78. The number of fused-ring (bicyclic) bond motifs is 1. The molecule has 3 aliphatic rings. The van der Waals surface area contributed by atoms with Crippen LogP contribution in [0.3, 0.4) is 0 Å². The average molecular weight is 635 g/mol. The van der Waals surface area contributed by atoms with Crippen LogP contribution in [-0.2, 0) is 16.1 Å². The molecule has 0 bridgehead atoms. The van der Waals surface area contributed by atoms with Crippen LogP contribution in [0.5, 0.6) is 0 Å². The first kappa shape index (κ1) is 30.7. The number of benzene rings is 4. The van der Waals surface area contributed by atoms with E-state index in [4.69, 9.17) is 9.47 Å². The van der Waals surface area contributed by atoms with Gasteiger partial charge < -0.3 is 19.5 Å². The van der Waals surface area contributed by atoms with Crippen LogP contribution in [0.25, 0.3) is 0 Å². The fourth-order valence-electron chi connectivity index (χ4n) is 6.53. The predicted molar refractivity (Wildman–Crippen MR) is 174 cm³/mol. The normalized spacial score (nSPS) is 21.6. The molecule has 0 spiro atoms. The SMILES string of the molecule is O=C1c2ccccc2C(=O)N1c1cccc([C@@H]2O[C@H](CN3CCN(c4ccc([N+](=O)[O-])cc4)CC3)C[C@H](c3ccc(CO)cc3)O2)c1. The zero-order valence-corrected chi connectivity index (χ0v) is 25.6. The predicted octanol–water partition coefficient (Wildman–Crippen LogP) is 5.26. The van der Waals surface area contributed by atoms with E-state index in [1.807, 2.05) is 30.3 Å². The van der Waals surface area contributed by atoms with Gasteiger partial charge in [0.15, 0.2) is 6.29 Å². The van der Waals surface area contributed by atoms with Crippen molar-refractivity contribution < 1.29 is 29.1 Å². The van der Waals surface area contributed by atoms with E-state index in [-0.39, 0.29) is 36.3 Å². The molecule has 1 N–H and O–H groups in total. The van der Waals surface area contributed by atoms with E-state index in [0.29, 0.717) is 35.3 Å². The zero-order valence-electron chi connectivity index (χ0n) is 25.6. The smallest absolute Gasteiger partial charge is 0.269 e. The van der Waals surface area contributed by atoms with Crippen molar-refractivity contribution in [1.29, 1.82) is 0 Å². The van der Waals surface area contributed by atoms with E-state index < -0.39 is 11.2 Å². The Hall–Kier alpha value is -4.94. The minimum atomic E-state index is -0.743. The van der Waals surface area contributed by atoms with Crippen LogP contribution in [0.4, 0.5) is 17.1 Å². The van der Waals surface area contributed by atoms with Crippen molar-refractivity contribution in [2.75, 3.05) is 42.5 Å². The van der Waals surface area contributed by atoms with Crippen LogP contribution in [0.15, 0.2) is 97.1 Å². The van der Waals surface area contributed by atoms with Gasteiger partial charge >= 0.3 is 0 Å². The Morgan fingerprint density at radius 2 is 1.45 bits per heavy atom. The fourth-order valence-corrected chi connectivity index (χ4v) is 6.53. The quantitative estimate of drug-likeness (QED) is 0.157. The highest BCUT2D eigenvalue weighted by Gasteiger charge is 2.38. The molecule has 2 amide bonds. The molecule has 3 atom stereocenters. The summed E-state index contributed by atoms with van der Waals surface area (Å²) in [7, 11) is 0. The summed E-state index contributed by atoms with van der Waals surface area (Å²) in [6.07, 6.45) is -0.580. The first-order valence-corrected chi connectivity index (χ1v) is 15.7. The van der Waals surface area contributed by atoms with Crippen molar-refractivity contribution in [3.63, 3.8) is 0 Å². The van der Waals surface area contributed by atoms with Gasteiger partial charge in [-0.25, -0.2) is 4.90 Å². The topological polar surface area (TPSA) is 126 Å². The molecule has 3 heterocycles. The van der Waals surface area contributed by atoms with Crippen LogP contribution in [0.1, 0.15) is 56.2 Å². The lowest BCUT2D eigenvalue weighted by molar-refractivity contribution is -0.384. The third kappa shape index (κ3) is 6.26. The van der Waals surface area contributed by atoms with Gasteiger partial charge in [-0.05, 0) is 47.5 Å². The first-order valence-electron chi connectivity index (χ1n) is 15.7. The first-order chi connectivity index (χ1) is 22.9. The van der Waals surface area contributed by atoms with Gasteiger partial charge in [0.2, 0.25) is 0 Å². The molecule has 11 nitrogen and oxygen atoms in total. The number of nitro benzene ring substituents is 1. The lowest BCUT2D eigenvalue weighted by atomic mass is 9.99. The standard InChI is InChI=1S/C36H34N4O7/c41-23-24-8-10-25(11-9-24)33-21-30(22-37-16-18-38(19-17-37)27-12-14-28(15-13-27)40(44)45)46-36(47-33)26-4-3-5-29(20-26)39-34(42)31-6-1-2-7-32(31)35(39)43/h1-15,20,30,33,36,41H,16-19,21-23H2/t30-,33+,36+/m0/s1. The molecule has 11 heteroatoms. The lowest BCUT2D eigenvalue weighted by Gasteiger charge is -2.41. The maximum Gasteiger partial charge on any atom is 0.269 e. The van der Waals surface area contributed by atoms with E-state index >= 15 is 0 Å². The molecule has 0 aliphatic carbocycles.